The van der Waals surface area contributed by atoms with Crippen LogP contribution in [0.4, 0.5) is 0 Å². The minimum absolute atomic E-state index is 0.297. The Kier molecular flexibility index (Phi) is 4.29. The van der Waals surface area contributed by atoms with Crippen LogP contribution < -0.4 is 5.32 Å². The zero-order valence-electron chi connectivity index (χ0n) is 12.7. The highest BCUT2D eigenvalue weighted by atomic mass is 15.5. The van der Waals surface area contributed by atoms with E-state index >= 15 is 0 Å². The largest absolute Gasteiger partial charge is 0.306 e. The number of aromatic nitrogens is 4. The van der Waals surface area contributed by atoms with Crippen LogP contribution in [0.1, 0.15) is 56.5 Å². The Hall–Kier alpha value is -1.75. The molecular weight excluding hydrogens is 262 g/mol. The summed E-state index contributed by atoms with van der Waals surface area (Å²) in [6, 6.07) is 11.6. The SMILES string of the molecule is CC(C)n1nnnc1CN[C@H]1CCC[C@@H]1c1ccccc1. The van der Waals surface area contributed by atoms with Gasteiger partial charge in [0, 0.05) is 6.04 Å². The molecule has 5 heteroatoms. The summed E-state index contributed by atoms with van der Waals surface area (Å²) in [5.74, 6) is 1.53. The molecule has 0 saturated heterocycles. The smallest absolute Gasteiger partial charge is 0.165 e. The van der Waals surface area contributed by atoms with Crippen molar-refractivity contribution in [2.45, 2.75) is 57.7 Å². The van der Waals surface area contributed by atoms with Crippen LogP contribution in [0.2, 0.25) is 0 Å². The Bertz CT molecular complexity index is 563. The third-order valence-electron chi connectivity index (χ3n) is 4.32. The van der Waals surface area contributed by atoms with E-state index in [0.29, 0.717) is 18.0 Å². The van der Waals surface area contributed by atoms with Crippen molar-refractivity contribution >= 4 is 0 Å². The second-order valence-corrected chi connectivity index (χ2v) is 6.07. The van der Waals surface area contributed by atoms with Gasteiger partial charge in [-0.15, -0.1) is 5.10 Å². The molecule has 1 aromatic heterocycles. The molecule has 3 rings (SSSR count). The van der Waals surface area contributed by atoms with Gasteiger partial charge in [0.15, 0.2) is 5.82 Å². The number of hydrogen-bond acceptors (Lipinski definition) is 4. The van der Waals surface area contributed by atoms with Crippen molar-refractivity contribution in [3.63, 3.8) is 0 Å². The van der Waals surface area contributed by atoms with Gasteiger partial charge in [-0.3, -0.25) is 0 Å². The fourth-order valence-electron chi connectivity index (χ4n) is 3.26. The van der Waals surface area contributed by atoms with Gasteiger partial charge in [-0.2, -0.15) is 0 Å². The molecule has 0 aliphatic heterocycles. The average molecular weight is 285 g/mol. The number of tetrazole rings is 1. The molecule has 2 atom stereocenters. The first-order chi connectivity index (χ1) is 10.3. The van der Waals surface area contributed by atoms with E-state index in [1.54, 1.807) is 0 Å². The van der Waals surface area contributed by atoms with E-state index in [4.69, 9.17) is 0 Å². The molecule has 0 spiro atoms. The summed E-state index contributed by atoms with van der Waals surface area (Å²) >= 11 is 0. The standard InChI is InChI=1S/C16H23N5/c1-12(2)21-16(18-19-20-21)11-17-15-10-6-9-14(15)13-7-4-3-5-8-13/h3-5,7-8,12,14-15,17H,6,9-11H2,1-2H3/t14-,15+/m1/s1. The first-order valence-electron chi connectivity index (χ1n) is 7.81. The Balaban J connectivity index is 1.66. The first-order valence-corrected chi connectivity index (χ1v) is 7.81. The summed E-state index contributed by atoms with van der Waals surface area (Å²) in [6.45, 7) is 4.93. The summed E-state index contributed by atoms with van der Waals surface area (Å²) < 4.78 is 1.89. The van der Waals surface area contributed by atoms with Gasteiger partial charge in [-0.1, -0.05) is 36.8 Å². The van der Waals surface area contributed by atoms with Crippen molar-refractivity contribution in [2.24, 2.45) is 0 Å². The zero-order chi connectivity index (χ0) is 14.7. The second-order valence-electron chi connectivity index (χ2n) is 6.07. The maximum atomic E-state index is 4.14. The van der Waals surface area contributed by atoms with Crippen molar-refractivity contribution in [1.82, 2.24) is 25.5 Å². The lowest BCUT2D eigenvalue weighted by molar-refractivity contribution is 0.438. The second kappa shape index (κ2) is 6.35. The lowest BCUT2D eigenvalue weighted by Gasteiger charge is -2.21. The van der Waals surface area contributed by atoms with Crippen LogP contribution in [-0.4, -0.2) is 26.2 Å². The highest BCUT2D eigenvalue weighted by Crippen LogP contribution is 2.34. The van der Waals surface area contributed by atoms with Crippen LogP contribution in [0, 0.1) is 0 Å². The van der Waals surface area contributed by atoms with Crippen LogP contribution in [0.5, 0.6) is 0 Å². The van der Waals surface area contributed by atoms with E-state index in [2.05, 4.69) is 65.0 Å². The number of nitrogens with zero attached hydrogens (tertiary/aromatic N) is 4. The topological polar surface area (TPSA) is 55.6 Å². The molecule has 112 valence electrons. The predicted molar refractivity (Wildman–Crippen MR) is 81.9 cm³/mol. The molecule has 5 nitrogen and oxygen atoms in total. The fraction of sp³-hybridized carbons (Fsp3) is 0.562. The van der Waals surface area contributed by atoms with E-state index in [1.807, 2.05) is 4.68 Å². The van der Waals surface area contributed by atoms with Gasteiger partial charge >= 0.3 is 0 Å². The number of nitrogens with one attached hydrogen (secondary N) is 1. The van der Waals surface area contributed by atoms with Crippen molar-refractivity contribution in [3.8, 4) is 0 Å². The number of rotatable bonds is 5. The van der Waals surface area contributed by atoms with Crippen LogP contribution >= 0.6 is 0 Å². The van der Waals surface area contributed by atoms with Gasteiger partial charge < -0.3 is 5.32 Å². The number of benzene rings is 1. The highest BCUT2D eigenvalue weighted by Gasteiger charge is 2.28. The molecule has 1 fully saturated rings. The lowest BCUT2D eigenvalue weighted by atomic mass is 9.94. The van der Waals surface area contributed by atoms with Gasteiger partial charge in [0.2, 0.25) is 0 Å². The van der Waals surface area contributed by atoms with E-state index in [-0.39, 0.29) is 0 Å². The van der Waals surface area contributed by atoms with Crippen LogP contribution in [0.15, 0.2) is 30.3 Å². The molecule has 1 aliphatic carbocycles. The summed E-state index contributed by atoms with van der Waals surface area (Å²) in [5.41, 5.74) is 1.44. The molecule has 21 heavy (non-hydrogen) atoms. The number of hydrogen-bond donors (Lipinski definition) is 1. The summed E-state index contributed by atoms with van der Waals surface area (Å²) in [7, 11) is 0. The summed E-state index contributed by atoms with van der Waals surface area (Å²) in [5, 5.41) is 15.6. The maximum Gasteiger partial charge on any atom is 0.165 e. The highest BCUT2D eigenvalue weighted by molar-refractivity contribution is 5.22. The van der Waals surface area contributed by atoms with Crippen LogP contribution in [-0.2, 0) is 6.54 Å². The van der Waals surface area contributed by atoms with E-state index in [0.717, 1.165) is 12.4 Å². The minimum atomic E-state index is 0.297. The average Bonchev–Trinajstić information content (AvgIpc) is 3.15. The maximum absolute atomic E-state index is 4.14. The molecule has 0 bridgehead atoms. The molecule has 1 aliphatic rings. The zero-order valence-corrected chi connectivity index (χ0v) is 12.7. The van der Waals surface area contributed by atoms with Crippen LogP contribution in [0.3, 0.4) is 0 Å². The van der Waals surface area contributed by atoms with Crippen molar-refractivity contribution in [3.05, 3.63) is 41.7 Å². The Morgan fingerprint density at radius 1 is 1.24 bits per heavy atom. The third-order valence-corrected chi connectivity index (χ3v) is 4.32. The van der Waals surface area contributed by atoms with Crippen molar-refractivity contribution in [2.75, 3.05) is 0 Å². The normalized spacial score (nSPS) is 22.0. The molecule has 1 N–H and O–H groups in total. The molecular formula is C16H23N5. The molecule has 0 radical (unpaired) electrons. The van der Waals surface area contributed by atoms with Gasteiger partial charge in [-0.05, 0) is 48.6 Å². The monoisotopic (exact) mass is 285 g/mol. The van der Waals surface area contributed by atoms with Gasteiger partial charge in [0.05, 0.1) is 12.6 Å². The first kappa shape index (κ1) is 14.2. The molecule has 1 heterocycles. The fourth-order valence-corrected chi connectivity index (χ4v) is 3.26. The molecule has 1 aromatic carbocycles. The molecule has 0 unspecified atom stereocenters. The Labute approximate surface area is 125 Å². The lowest BCUT2D eigenvalue weighted by Crippen LogP contribution is -2.32. The van der Waals surface area contributed by atoms with Gasteiger partial charge in [-0.25, -0.2) is 4.68 Å². The third kappa shape index (κ3) is 3.13. The Morgan fingerprint density at radius 3 is 2.81 bits per heavy atom. The van der Waals surface area contributed by atoms with Crippen molar-refractivity contribution in [1.29, 1.82) is 0 Å². The molecule has 0 amide bonds. The summed E-state index contributed by atoms with van der Waals surface area (Å²) in [4.78, 5) is 0. The molecule has 1 saturated carbocycles. The van der Waals surface area contributed by atoms with Crippen molar-refractivity contribution < 1.29 is 0 Å². The van der Waals surface area contributed by atoms with E-state index < -0.39 is 0 Å². The predicted octanol–water partition coefficient (Wildman–Crippen LogP) is 2.68. The van der Waals surface area contributed by atoms with E-state index in [1.165, 1.54) is 24.8 Å². The van der Waals surface area contributed by atoms with Crippen LogP contribution in [0.25, 0.3) is 0 Å². The quantitative estimate of drug-likeness (QED) is 0.917. The molecule has 2 aromatic rings. The van der Waals surface area contributed by atoms with E-state index in [9.17, 15) is 0 Å². The minimum Gasteiger partial charge on any atom is -0.306 e. The van der Waals surface area contributed by atoms with Gasteiger partial charge in [0.25, 0.3) is 0 Å². The Morgan fingerprint density at radius 2 is 2.05 bits per heavy atom. The summed E-state index contributed by atoms with van der Waals surface area (Å²) in [6.07, 6.45) is 3.77. The van der Waals surface area contributed by atoms with Gasteiger partial charge in [0.1, 0.15) is 0 Å².